The number of carbonyl (C=O) groups is 1. The number of hydrogen-bond donors (Lipinski definition) is 2. The number of hydrogen-bond acceptors (Lipinski definition) is 3. The van der Waals surface area contributed by atoms with Crippen molar-refractivity contribution in [1.82, 2.24) is 9.29 Å². The number of carbonyl (C=O) groups excluding carboxylic acids is 1. The topological polar surface area (TPSA) is 80.2 Å². The Labute approximate surface area is 157 Å². The van der Waals surface area contributed by atoms with Crippen molar-refractivity contribution in [2.24, 2.45) is 7.05 Å². The number of alkyl halides is 3. The molecule has 2 aromatic rings. The molecule has 1 amide bonds. The Morgan fingerprint density at radius 3 is 2.44 bits per heavy atom. The van der Waals surface area contributed by atoms with E-state index in [1.54, 1.807) is 0 Å². The predicted octanol–water partition coefficient (Wildman–Crippen LogP) is 3.30. The smallest absolute Gasteiger partial charge is 0.345 e. The molecule has 1 atom stereocenters. The first kappa shape index (κ1) is 21.2. The van der Waals surface area contributed by atoms with Gasteiger partial charge in [0.25, 0.3) is 5.91 Å². The Bertz CT molecular complexity index is 973. The molecule has 6 nitrogen and oxygen atoms in total. The number of aryl methyl sites for hydroxylation is 1. The maximum atomic E-state index is 13.1. The Balaban J connectivity index is 2.24. The molecule has 0 unspecified atom stereocenters. The van der Waals surface area contributed by atoms with E-state index in [9.17, 15) is 30.8 Å². The maximum absolute atomic E-state index is 13.1. The zero-order valence-corrected chi connectivity index (χ0v) is 15.5. The van der Waals surface area contributed by atoms with Gasteiger partial charge in [-0.25, -0.2) is 12.8 Å². The summed E-state index contributed by atoms with van der Waals surface area (Å²) in [7, 11) is -3.16. The van der Waals surface area contributed by atoms with E-state index in [-0.39, 0.29) is 16.4 Å². The van der Waals surface area contributed by atoms with Gasteiger partial charge in [0, 0.05) is 18.9 Å². The molecule has 0 bridgehead atoms. The minimum atomic E-state index is -4.76. The van der Waals surface area contributed by atoms with E-state index >= 15 is 0 Å². The predicted molar refractivity (Wildman–Crippen MR) is 90.6 cm³/mol. The molecule has 1 heterocycles. The summed E-state index contributed by atoms with van der Waals surface area (Å²) in [5.74, 6) is -1.45. The van der Waals surface area contributed by atoms with Gasteiger partial charge in [-0.3, -0.25) is 4.79 Å². The van der Waals surface area contributed by atoms with Crippen LogP contribution in [0.2, 0.25) is 5.02 Å². The van der Waals surface area contributed by atoms with Crippen molar-refractivity contribution in [1.29, 1.82) is 0 Å². The summed E-state index contributed by atoms with van der Waals surface area (Å²) in [4.78, 5) is 11.8. The Kier molecular flexibility index (Phi) is 5.88. The van der Waals surface area contributed by atoms with Crippen LogP contribution in [0, 0.1) is 5.82 Å². The van der Waals surface area contributed by atoms with E-state index in [4.69, 9.17) is 11.6 Å². The minimum Gasteiger partial charge on any atom is -0.345 e. The summed E-state index contributed by atoms with van der Waals surface area (Å²) in [6, 6.07) is 2.04. The van der Waals surface area contributed by atoms with Crippen LogP contribution in [0.15, 0.2) is 35.4 Å². The van der Waals surface area contributed by atoms with Gasteiger partial charge in [-0.05, 0) is 31.2 Å². The first-order chi connectivity index (χ1) is 12.3. The average Bonchev–Trinajstić information content (AvgIpc) is 2.92. The standard InChI is InChI=1S/C15H14ClF4N3O3S/c1-8(15(18,19)20)22-27(25,26)10-6-13(23(2)7-10)14(24)21-9-3-4-12(17)11(16)5-9/h3-8,22H,1-2H3,(H,21,24)/t8-/m0/s1. The second-order valence-electron chi connectivity index (χ2n) is 5.64. The number of benzene rings is 1. The van der Waals surface area contributed by atoms with Crippen molar-refractivity contribution >= 4 is 33.2 Å². The molecule has 0 fully saturated rings. The molecule has 27 heavy (non-hydrogen) atoms. The molecule has 148 valence electrons. The highest BCUT2D eigenvalue weighted by Gasteiger charge is 2.39. The number of rotatable bonds is 5. The number of amides is 1. The third-order valence-electron chi connectivity index (χ3n) is 3.52. The molecule has 0 aliphatic carbocycles. The number of anilines is 1. The molecule has 0 saturated carbocycles. The molecule has 1 aromatic carbocycles. The summed E-state index contributed by atoms with van der Waals surface area (Å²) in [6.07, 6.45) is -3.76. The normalized spacial score (nSPS) is 13.4. The van der Waals surface area contributed by atoms with Gasteiger partial charge < -0.3 is 9.88 Å². The molecule has 2 rings (SSSR count). The van der Waals surface area contributed by atoms with Crippen molar-refractivity contribution < 1.29 is 30.8 Å². The largest absolute Gasteiger partial charge is 0.404 e. The quantitative estimate of drug-likeness (QED) is 0.718. The van der Waals surface area contributed by atoms with Crippen LogP contribution >= 0.6 is 11.6 Å². The summed E-state index contributed by atoms with van der Waals surface area (Å²) in [6.45, 7) is 0.659. The van der Waals surface area contributed by atoms with E-state index in [2.05, 4.69) is 5.32 Å². The van der Waals surface area contributed by atoms with Gasteiger partial charge >= 0.3 is 6.18 Å². The number of aromatic nitrogens is 1. The van der Waals surface area contributed by atoms with Gasteiger partial charge in [0.15, 0.2) is 0 Å². The molecular weight excluding hydrogens is 414 g/mol. The van der Waals surface area contributed by atoms with Crippen LogP contribution in [0.4, 0.5) is 23.2 Å². The van der Waals surface area contributed by atoms with Crippen molar-refractivity contribution in [2.75, 3.05) is 5.32 Å². The highest BCUT2D eigenvalue weighted by atomic mass is 35.5. The highest BCUT2D eigenvalue weighted by Crippen LogP contribution is 2.23. The van der Waals surface area contributed by atoms with Crippen molar-refractivity contribution in [3.63, 3.8) is 0 Å². The summed E-state index contributed by atoms with van der Waals surface area (Å²) >= 11 is 5.61. The van der Waals surface area contributed by atoms with Crippen LogP contribution < -0.4 is 10.0 Å². The fraction of sp³-hybridized carbons (Fsp3) is 0.267. The maximum Gasteiger partial charge on any atom is 0.404 e. The molecule has 0 aliphatic rings. The van der Waals surface area contributed by atoms with E-state index in [1.807, 2.05) is 0 Å². The number of nitrogens with zero attached hydrogens (tertiary/aromatic N) is 1. The molecular formula is C15H14ClF4N3O3S. The van der Waals surface area contributed by atoms with Crippen molar-refractivity contribution in [3.05, 3.63) is 47.0 Å². The van der Waals surface area contributed by atoms with Crippen LogP contribution in [-0.4, -0.2) is 31.1 Å². The Morgan fingerprint density at radius 2 is 1.89 bits per heavy atom. The Morgan fingerprint density at radius 1 is 1.26 bits per heavy atom. The zero-order chi connectivity index (χ0) is 20.6. The molecule has 12 heteroatoms. The number of nitrogens with one attached hydrogen (secondary N) is 2. The average molecular weight is 428 g/mol. The second-order valence-corrected chi connectivity index (χ2v) is 7.76. The van der Waals surface area contributed by atoms with Gasteiger partial charge in [-0.2, -0.15) is 17.9 Å². The molecule has 0 radical (unpaired) electrons. The van der Waals surface area contributed by atoms with Gasteiger partial charge in [0.05, 0.1) is 5.02 Å². The van der Waals surface area contributed by atoms with Crippen molar-refractivity contribution in [3.8, 4) is 0 Å². The fourth-order valence-electron chi connectivity index (χ4n) is 2.04. The van der Waals surface area contributed by atoms with E-state index in [0.717, 1.165) is 29.0 Å². The molecule has 0 saturated heterocycles. The van der Waals surface area contributed by atoms with E-state index < -0.39 is 38.9 Å². The highest BCUT2D eigenvalue weighted by molar-refractivity contribution is 7.89. The first-order valence-electron chi connectivity index (χ1n) is 7.33. The minimum absolute atomic E-state index is 0.143. The third kappa shape index (κ3) is 4.99. The van der Waals surface area contributed by atoms with Crippen molar-refractivity contribution in [2.45, 2.75) is 24.0 Å². The Hall–Kier alpha value is -2.11. The second kappa shape index (κ2) is 7.49. The van der Waals surface area contributed by atoms with E-state index in [0.29, 0.717) is 6.92 Å². The van der Waals surface area contributed by atoms with Gasteiger partial charge in [-0.1, -0.05) is 11.6 Å². The van der Waals surface area contributed by atoms with E-state index in [1.165, 1.54) is 17.8 Å². The van der Waals surface area contributed by atoms with Crippen LogP contribution in [0.3, 0.4) is 0 Å². The molecule has 2 N–H and O–H groups in total. The van der Waals surface area contributed by atoms with Gasteiger partial charge in [0.1, 0.15) is 22.4 Å². The van der Waals surface area contributed by atoms with Crippen LogP contribution in [-0.2, 0) is 17.1 Å². The summed E-state index contributed by atoms with van der Waals surface area (Å²) < 4.78 is 77.7. The lowest BCUT2D eigenvalue weighted by Crippen LogP contribution is -2.42. The van der Waals surface area contributed by atoms with Crippen LogP contribution in [0.1, 0.15) is 17.4 Å². The zero-order valence-electron chi connectivity index (χ0n) is 13.9. The number of sulfonamides is 1. The molecule has 0 spiro atoms. The van der Waals surface area contributed by atoms with Crippen LogP contribution in [0.25, 0.3) is 0 Å². The number of halogens is 5. The van der Waals surface area contributed by atoms with Gasteiger partial charge in [-0.15, -0.1) is 0 Å². The SMILES string of the molecule is C[C@H](NS(=O)(=O)c1cc(C(=O)Nc2ccc(F)c(Cl)c2)n(C)c1)C(F)(F)F. The third-order valence-corrected chi connectivity index (χ3v) is 5.32. The lowest BCUT2D eigenvalue weighted by Gasteiger charge is -2.16. The first-order valence-corrected chi connectivity index (χ1v) is 9.19. The lowest BCUT2D eigenvalue weighted by molar-refractivity contribution is -0.147. The lowest BCUT2D eigenvalue weighted by atomic mass is 10.3. The molecule has 0 aliphatic heterocycles. The van der Waals surface area contributed by atoms with Crippen LogP contribution in [0.5, 0.6) is 0 Å². The van der Waals surface area contributed by atoms with Gasteiger partial charge in [0.2, 0.25) is 10.0 Å². The monoisotopic (exact) mass is 427 g/mol. The fourth-order valence-corrected chi connectivity index (χ4v) is 3.52. The summed E-state index contributed by atoms with van der Waals surface area (Å²) in [5.41, 5.74) is 0.0105. The summed E-state index contributed by atoms with van der Waals surface area (Å²) in [5, 5.41) is 2.16. The molecule has 1 aromatic heterocycles.